The Kier molecular flexibility index (Phi) is 6.46. The second-order valence-corrected chi connectivity index (χ2v) is 6.69. The van der Waals surface area contributed by atoms with Crippen molar-refractivity contribution in [3.8, 4) is 5.75 Å². The van der Waals surface area contributed by atoms with Gasteiger partial charge in [0.25, 0.3) is 11.8 Å². The summed E-state index contributed by atoms with van der Waals surface area (Å²) in [6.07, 6.45) is 0. The van der Waals surface area contributed by atoms with Crippen molar-refractivity contribution >= 4 is 23.4 Å². The fourth-order valence-corrected chi connectivity index (χ4v) is 2.64. The third kappa shape index (κ3) is 5.33. The first-order valence-electron chi connectivity index (χ1n) is 8.77. The minimum absolute atomic E-state index is 0.155. The van der Waals surface area contributed by atoms with Crippen molar-refractivity contribution in [2.45, 2.75) is 13.5 Å². The van der Waals surface area contributed by atoms with Crippen molar-refractivity contribution in [1.29, 1.82) is 0 Å². The van der Waals surface area contributed by atoms with Crippen molar-refractivity contribution < 1.29 is 18.7 Å². The molecule has 0 saturated carbocycles. The van der Waals surface area contributed by atoms with Crippen LogP contribution in [0.3, 0.4) is 0 Å². The number of hydrogen-bond acceptors (Lipinski definition) is 3. The van der Waals surface area contributed by atoms with E-state index in [0.717, 1.165) is 11.1 Å². The number of ether oxygens (including phenoxy) is 1. The summed E-state index contributed by atoms with van der Waals surface area (Å²) in [5, 5.41) is 0.676. The summed E-state index contributed by atoms with van der Waals surface area (Å²) >= 11 is 5.99. The van der Waals surface area contributed by atoms with Crippen LogP contribution in [-0.2, 0) is 6.61 Å². The van der Waals surface area contributed by atoms with Crippen LogP contribution in [0.25, 0.3) is 0 Å². The van der Waals surface area contributed by atoms with Gasteiger partial charge in [-0.3, -0.25) is 20.4 Å². The quantitative estimate of drug-likeness (QED) is 0.609. The van der Waals surface area contributed by atoms with Gasteiger partial charge >= 0.3 is 0 Å². The largest absolute Gasteiger partial charge is 0.489 e. The molecule has 0 unspecified atom stereocenters. The number of benzene rings is 3. The number of rotatable bonds is 5. The molecule has 3 aromatic carbocycles. The molecule has 0 atom stereocenters. The molecule has 3 aromatic rings. The molecule has 0 saturated heterocycles. The molecule has 0 radical (unpaired) electrons. The number of carbonyl (C=O) groups excluding carboxylic acids is 2. The highest BCUT2D eigenvalue weighted by Gasteiger charge is 2.12. The predicted molar refractivity (Wildman–Crippen MR) is 108 cm³/mol. The predicted octanol–water partition coefficient (Wildman–Crippen LogP) is 4.44. The van der Waals surface area contributed by atoms with Gasteiger partial charge in [-0.2, -0.15) is 0 Å². The first-order chi connectivity index (χ1) is 13.9. The lowest BCUT2D eigenvalue weighted by Gasteiger charge is -2.10. The van der Waals surface area contributed by atoms with Crippen molar-refractivity contribution in [2.24, 2.45) is 0 Å². The van der Waals surface area contributed by atoms with Crippen LogP contribution in [0.2, 0.25) is 5.02 Å². The van der Waals surface area contributed by atoms with Crippen molar-refractivity contribution in [2.75, 3.05) is 0 Å². The summed E-state index contributed by atoms with van der Waals surface area (Å²) in [7, 11) is 0. The van der Waals surface area contributed by atoms with E-state index in [1.54, 1.807) is 36.4 Å². The first-order valence-corrected chi connectivity index (χ1v) is 9.15. The summed E-state index contributed by atoms with van der Waals surface area (Å²) in [5.74, 6) is -1.22. The maximum atomic E-state index is 13.6. The molecule has 0 bridgehead atoms. The lowest BCUT2D eigenvalue weighted by atomic mass is 10.1. The highest BCUT2D eigenvalue weighted by atomic mass is 35.5. The van der Waals surface area contributed by atoms with E-state index in [0.29, 0.717) is 22.9 Å². The normalized spacial score (nSPS) is 10.3. The molecule has 148 valence electrons. The molecule has 0 aliphatic carbocycles. The molecule has 2 N–H and O–H groups in total. The van der Waals surface area contributed by atoms with Crippen LogP contribution < -0.4 is 15.6 Å². The molecule has 0 heterocycles. The van der Waals surface area contributed by atoms with E-state index in [9.17, 15) is 14.0 Å². The van der Waals surface area contributed by atoms with Crippen LogP contribution in [-0.4, -0.2) is 11.8 Å². The van der Waals surface area contributed by atoms with E-state index in [1.165, 1.54) is 24.3 Å². The Bertz CT molecular complexity index is 1040. The van der Waals surface area contributed by atoms with E-state index < -0.39 is 17.6 Å². The topological polar surface area (TPSA) is 67.4 Å². The van der Waals surface area contributed by atoms with Crippen molar-refractivity contribution in [3.63, 3.8) is 0 Å². The summed E-state index contributed by atoms with van der Waals surface area (Å²) in [6.45, 7) is 2.22. The van der Waals surface area contributed by atoms with Gasteiger partial charge in [0.15, 0.2) is 0 Å². The zero-order valence-corrected chi connectivity index (χ0v) is 16.3. The Morgan fingerprint density at radius 3 is 2.34 bits per heavy atom. The third-order valence-electron chi connectivity index (χ3n) is 4.16. The third-order valence-corrected chi connectivity index (χ3v) is 4.58. The second kappa shape index (κ2) is 9.21. The Balaban J connectivity index is 1.53. The highest BCUT2D eigenvalue weighted by Crippen LogP contribution is 2.21. The van der Waals surface area contributed by atoms with Gasteiger partial charge < -0.3 is 4.74 Å². The molecular weight excluding hydrogens is 395 g/mol. The van der Waals surface area contributed by atoms with E-state index in [2.05, 4.69) is 10.9 Å². The fraction of sp³-hybridized carbons (Fsp3) is 0.0909. The van der Waals surface area contributed by atoms with Crippen molar-refractivity contribution in [3.05, 3.63) is 99.8 Å². The zero-order valence-electron chi connectivity index (χ0n) is 15.5. The molecule has 2 amide bonds. The summed E-state index contributed by atoms with van der Waals surface area (Å²) in [6, 6.07) is 17.6. The SMILES string of the molecule is Cc1cc(OCc2ccc(C(=O)NNC(=O)c3ccccc3F)cc2)ccc1Cl. The number of halogens is 2. The molecule has 0 spiro atoms. The van der Waals surface area contributed by atoms with Crippen molar-refractivity contribution in [1.82, 2.24) is 10.9 Å². The highest BCUT2D eigenvalue weighted by molar-refractivity contribution is 6.31. The Hall–Kier alpha value is -3.38. The van der Waals surface area contributed by atoms with Crippen LogP contribution in [0.15, 0.2) is 66.7 Å². The molecule has 0 aromatic heterocycles. The smallest absolute Gasteiger partial charge is 0.272 e. The van der Waals surface area contributed by atoms with Gasteiger partial charge in [-0.25, -0.2) is 4.39 Å². The molecule has 0 aliphatic heterocycles. The van der Waals surface area contributed by atoms with E-state index in [-0.39, 0.29) is 5.56 Å². The maximum absolute atomic E-state index is 13.6. The van der Waals surface area contributed by atoms with E-state index in [1.807, 2.05) is 13.0 Å². The minimum Gasteiger partial charge on any atom is -0.489 e. The molecular formula is C22H18ClFN2O3. The standard InChI is InChI=1S/C22H18ClFN2O3/c1-14-12-17(10-11-19(14)23)29-13-15-6-8-16(9-7-15)21(27)25-26-22(28)18-4-2-3-5-20(18)24/h2-12H,13H2,1H3,(H,25,27)(H,26,28). The van der Waals surface area contributed by atoms with E-state index >= 15 is 0 Å². The van der Waals surface area contributed by atoms with Crippen LogP contribution in [0.1, 0.15) is 31.8 Å². The average Bonchev–Trinajstić information content (AvgIpc) is 2.73. The van der Waals surface area contributed by atoms with Gasteiger partial charge in [-0.1, -0.05) is 35.9 Å². The molecule has 5 nitrogen and oxygen atoms in total. The molecule has 7 heteroatoms. The summed E-state index contributed by atoms with van der Waals surface area (Å²) in [4.78, 5) is 24.1. The van der Waals surface area contributed by atoms with Gasteiger partial charge in [0, 0.05) is 10.6 Å². The van der Waals surface area contributed by atoms with E-state index in [4.69, 9.17) is 16.3 Å². The van der Waals surface area contributed by atoms with Gasteiger partial charge in [0.2, 0.25) is 0 Å². The van der Waals surface area contributed by atoms with Gasteiger partial charge in [-0.05, 0) is 60.5 Å². The number of nitrogens with one attached hydrogen (secondary N) is 2. The number of amides is 2. The van der Waals surface area contributed by atoms with Gasteiger partial charge in [0.1, 0.15) is 18.2 Å². The van der Waals surface area contributed by atoms with Crippen LogP contribution >= 0.6 is 11.6 Å². The number of hydrogen-bond donors (Lipinski definition) is 2. The Morgan fingerprint density at radius 1 is 0.966 bits per heavy atom. The monoisotopic (exact) mass is 412 g/mol. The maximum Gasteiger partial charge on any atom is 0.272 e. The number of aryl methyl sites for hydroxylation is 1. The van der Waals surface area contributed by atoms with Gasteiger partial charge in [-0.15, -0.1) is 0 Å². The molecule has 29 heavy (non-hydrogen) atoms. The van der Waals surface area contributed by atoms with Crippen LogP contribution in [0.5, 0.6) is 5.75 Å². The lowest BCUT2D eigenvalue weighted by molar-refractivity contribution is 0.0844. The summed E-state index contributed by atoms with van der Waals surface area (Å²) in [5.41, 5.74) is 6.43. The lowest BCUT2D eigenvalue weighted by Crippen LogP contribution is -2.41. The zero-order chi connectivity index (χ0) is 20.8. The molecule has 3 rings (SSSR count). The number of hydrazine groups is 1. The van der Waals surface area contributed by atoms with Crippen LogP contribution in [0, 0.1) is 12.7 Å². The van der Waals surface area contributed by atoms with Gasteiger partial charge in [0.05, 0.1) is 5.56 Å². The Morgan fingerprint density at radius 2 is 1.66 bits per heavy atom. The van der Waals surface area contributed by atoms with Crippen LogP contribution in [0.4, 0.5) is 4.39 Å². The first kappa shape index (κ1) is 20.4. The minimum atomic E-state index is -0.736. The number of carbonyl (C=O) groups is 2. The fourth-order valence-electron chi connectivity index (χ4n) is 2.52. The summed E-state index contributed by atoms with van der Waals surface area (Å²) < 4.78 is 19.3. The molecule has 0 fully saturated rings. The average molecular weight is 413 g/mol. The Labute approximate surface area is 172 Å². The molecule has 0 aliphatic rings. The second-order valence-electron chi connectivity index (χ2n) is 6.28.